The van der Waals surface area contributed by atoms with Crippen LogP contribution in [0.15, 0.2) is 36.5 Å². The van der Waals surface area contributed by atoms with Crippen LogP contribution in [0.2, 0.25) is 0 Å². The molecule has 0 bridgehead atoms. The number of rotatable bonds is 6. The highest BCUT2D eigenvalue weighted by atomic mass is 16.4. The zero-order chi connectivity index (χ0) is 14.4. The van der Waals surface area contributed by atoms with E-state index in [1.54, 1.807) is 6.20 Å². The van der Waals surface area contributed by atoms with E-state index in [2.05, 4.69) is 15.3 Å². The lowest BCUT2D eigenvalue weighted by molar-refractivity contribution is -0.136. The van der Waals surface area contributed by atoms with Gasteiger partial charge in [0.1, 0.15) is 5.82 Å². The standard InChI is InChI=1S/C15H17N3O2/c1-11-17-7-6-14(18-11)10-16-9-13-5-3-2-4-12(13)8-15(19)20/h2-7,16H,8-10H2,1H3,(H,19,20). The van der Waals surface area contributed by atoms with E-state index in [4.69, 9.17) is 5.11 Å². The molecule has 0 saturated carbocycles. The topological polar surface area (TPSA) is 75.1 Å². The van der Waals surface area contributed by atoms with Crippen LogP contribution in [0.5, 0.6) is 0 Å². The fourth-order valence-corrected chi connectivity index (χ4v) is 1.99. The summed E-state index contributed by atoms with van der Waals surface area (Å²) >= 11 is 0. The summed E-state index contributed by atoms with van der Waals surface area (Å²) in [7, 11) is 0. The van der Waals surface area contributed by atoms with Gasteiger partial charge < -0.3 is 10.4 Å². The van der Waals surface area contributed by atoms with Gasteiger partial charge in [-0.25, -0.2) is 9.97 Å². The predicted molar refractivity (Wildman–Crippen MR) is 75.1 cm³/mol. The maximum Gasteiger partial charge on any atom is 0.307 e. The average molecular weight is 271 g/mol. The van der Waals surface area contributed by atoms with Crippen molar-refractivity contribution in [2.24, 2.45) is 0 Å². The third kappa shape index (κ3) is 4.13. The molecule has 2 aromatic rings. The molecule has 1 heterocycles. The van der Waals surface area contributed by atoms with Crippen molar-refractivity contribution in [2.45, 2.75) is 26.4 Å². The molecule has 1 aromatic carbocycles. The molecule has 20 heavy (non-hydrogen) atoms. The Morgan fingerprint density at radius 1 is 1.20 bits per heavy atom. The summed E-state index contributed by atoms with van der Waals surface area (Å²) in [4.78, 5) is 19.2. The Morgan fingerprint density at radius 2 is 1.95 bits per heavy atom. The van der Waals surface area contributed by atoms with E-state index < -0.39 is 5.97 Å². The first-order valence-electron chi connectivity index (χ1n) is 6.43. The molecule has 1 aromatic heterocycles. The number of carbonyl (C=O) groups is 1. The Bertz CT molecular complexity index is 599. The molecule has 0 fully saturated rings. The number of aromatic nitrogens is 2. The highest BCUT2D eigenvalue weighted by molar-refractivity contribution is 5.70. The van der Waals surface area contributed by atoms with Gasteiger partial charge in [-0.3, -0.25) is 4.79 Å². The summed E-state index contributed by atoms with van der Waals surface area (Å²) in [5.74, 6) is -0.0700. The smallest absolute Gasteiger partial charge is 0.307 e. The van der Waals surface area contributed by atoms with Crippen molar-refractivity contribution >= 4 is 5.97 Å². The van der Waals surface area contributed by atoms with Crippen molar-refractivity contribution in [3.8, 4) is 0 Å². The fraction of sp³-hybridized carbons (Fsp3) is 0.267. The Balaban J connectivity index is 1.95. The Labute approximate surface area is 117 Å². The normalized spacial score (nSPS) is 10.4. The minimum atomic E-state index is -0.816. The molecule has 5 nitrogen and oxygen atoms in total. The van der Waals surface area contributed by atoms with E-state index in [0.717, 1.165) is 22.6 Å². The number of carboxylic acid groups (broad SMARTS) is 1. The molecule has 0 atom stereocenters. The molecular formula is C15H17N3O2. The van der Waals surface area contributed by atoms with Crippen molar-refractivity contribution in [2.75, 3.05) is 0 Å². The van der Waals surface area contributed by atoms with Crippen LogP contribution in [-0.2, 0) is 24.3 Å². The minimum Gasteiger partial charge on any atom is -0.481 e. The van der Waals surface area contributed by atoms with Crippen molar-refractivity contribution in [3.63, 3.8) is 0 Å². The van der Waals surface area contributed by atoms with Gasteiger partial charge in [0.25, 0.3) is 0 Å². The van der Waals surface area contributed by atoms with E-state index >= 15 is 0 Å². The second-order valence-corrected chi connectivity index (χ2v) is 4.54. The van der Waals surface area contributed by atoms with Crippen LogP contribution in [0.4, 0.5) is 0 Å². The number of aryl methyl sites for hydroxylation is 1. The summed E-state index contributed by atoms with van der Waals surface area (Å²) < 4.78 is 0. The molecule has 0 aliphatic heterocycles. The van der Waals surface area contributed by atoms with Crippen LogP contribution < -0.4 is 5.32 Å². The minimum absolute atomic E-state index is 0.0461. The Kier molecular flexibility index (Phi) is 4.79. The lowest BCUT2D eigenvalue weighted by Crippen LogP contribution is -2.16. The van der Waals surface area contributed by atoms with Crippen LogP contribution >= 0.6 is 0 Å². The summed E-state index contributed by atoms with van der Waals surface area (Å²) in [6, 6.07) is 9.42. The highest BCUT2D eigenvalue weighted by Crippen LogP contribution is 2.09. The Morgan fingerprint density at radius 3 is 2.65 bits per heavy atom. The third-order valence-corrected chi connectivity index (χ3v) is 2.92. The fourth-order valence-electron chi connectivity index (χ4n) is 1.99. The first-order chi connectivity index (χ1) is 9.65. The van der Waals surface area contributed by atoms with Gasteiger partial charge in [-0.1, -0.05) is 24.3 Å². The molecule has 0 aliphatic rings. The maximum atomic E-state index is 10.8. The number of nitrogens with one attached hydrogen (secondary N) is 1. The van der Waals surface area contributed by atoms with Gasteiger partial charge in [-0.15, -0.1) is 0 Å². The van der Waals surface area contributed by atoms with E-state index in [0.29, 0.717) is 13.1 Å². The second-order valence-electron chi connectivity index (χ2n) is 4.54. The number of benzene rings is 1. The molecule has 104 valence electrons. The molecule has 2 N–H and O–H groups in total. The Hall–Kier alpha value is -2.27. The average Bonchev–Trinajstić information content (AvgIpc) is 2.40. The second kappa shape index (κ2) is 6.77. The van der Waals surface area contributed by atoms with Crippen molar-refractivity contribution < 1.29 is 9.90 Å². The van der Waals surface area contributed by atoms with Gasteiger partial charge in [0.05, 0.1) is 12.1 Å². The molecular weight excluding hydrogens is 254 g/mol. The van der Waals surface area contributed by atoms with Gasteiger partial charge in [0.15, 0.2) is 0 Å². The van der Waals surface area contributed by atoms with Crippen molar-refractivity contribution in [1.29, 1.82) is 0 Å². The number of nitrogens with zero attached hydrogens (tertiary/aromatic N) is 2. The SMILES string of the molecule is Cc1nccc(CNCc2ccccc2CC(=O)O)n1. The number of aliphatic carboxylic acids is 1. The first-order valence-corrected chi connectivity index (χ1v) is 6.43. The van der Waals surface area contributed by atoms with E-state index in [9.17, 15) is 4.79 Å². The van der Waals surface area contributed by atoms with E-state index in [1.807, 2.05) is 37.3 Å². The van der Waals surface area contributed by atoms with Gasteiger partial charge in [-0.2, -0.15) is 0 Å². The third-order valence-electron chi connectivity index (χ3n) is 2.92. The van der Waals surface area contributed by atoms with Gasteiger partial charge in [-0.05, 0) is 24.1 Å². The monoisotopic (exact) mass is 271 g/mol. The van der Waals surface area contributed by atoms with Crippen molar-refractivity contribution in [1.82, 2.24) is 15.3 Å². The summed E-state index contributed by atoms with van der Waals surface area (Å²) in [6.07, 6.45) is 1.78. The molecule has 2 rings (SSSR count). The largest absolute Gasteiger partial charge is 0.481 e. The molecule has 0 aliphatic carbocycles. The van der Waals surface area contributed by atoms with E-state index in [-0.39, 0.29) is 6.42 Å². The molecule has 0 unspecified atom stereocenters. The van der Waals surface area contributed by atoms with Crippen molar-refractivity contribution in [3.05, 3.63) is 59.2 Å². The summed E-state index contributed by atoms with van der Waals surface area (Å²) in [5, 5.41) is 12.2. The molecule has 0 saturated heterocycles. The lowest BCUT2D eigenvalue weighted by atomic mass is 10.0. The van der Waals surface area contributed by atoms with Crippen LogP contribution in [-0.4, -0.2) is 21.0 Å². The van der Waals surface area contributed by atoms with Gasteiger partial charge >= 0.3 is 5.97 Å². The first kappa shape index (κ1) is 14.1. The molecule has 0 amide bonds. The predicted octanol–water partition coefficient (Wildman–Crippen LogP) is 1.70. The van der Waals surface area contributed by atoms with Crippen LogP contribution in [0.1, 0.15) is 22.6 Å². The van der Waals surface area contributed by atoms with Gasteiger partial charge in [0.2, 0.25) is 0 Å². The summed E-state index contributed by atoms with van der Waals surface area (Å²) in [6.45, 7) is 3.10. The quantitative estimate of drug-likeness (QED) is 0.836. The van der Waals surface area contributed by atoms with Crippen LogP contribution in [0, 0.1) is 6.92 Å². The molecule has 0 radical (unpaired) electrons. The highest BCUT2D eigenvalue weighted by Gasteiger charge is 2.06. The van der Waals surface area contributed by atoms with E-state index in [1.165, 1.54) is 0 Å². The number of hydrogen-bond donors (Lipinski definition) is 2. The molecule has 0 spiro atoms. The van der Waals surface area contributed by atoms with Crippen LogP contribution in [0.3, 0.4) is 0 Å². The zero-order valence-electron chi connectivity index (χ0n) is 11.3. The maximum absolute atomic E-state index is 10.8. The molecule has 5 heteroatoms. The zero-order valence-corrected chi connectivity index (χ0v) is 11.3. The lowest BCUT2D eigenvalue weighted by Gasteiger charge is -2.09. The number of carboxylic acids is 1. The van der Waals surface area contributed by atoms with Gasteiger partial charge in [0, 0.05) is 19.3 Å². The number of hydrogen-bond acceptors (Lipinski definition) is 4. The van der Waals surface area contributed by atoms with Crippen LogP contribution in [0.25, 0.3) is 0 Å². The summed E-state index contributed by atoms with van der Waals surface area (Å²) in [5.41, 5.74) is 2.76.